The first-order valence-corrected chi connectivity index (χ1v) is 3.02. The standard InChI is InChI=1S/C7H11Cl/c1-7(2,3)5-4-6-8/h5H2,1-3H3. The molecule has 0 aromatic rings. The van der Waals surface area contributed by atoms with Crippen LogP contribution in [0.5, 0.6) is 0 Å². The number of hydrogen-bond acceptors (Lipinski definition) is 0. The molecule has 1 heteroatoms. The smallest absolute Gasteiger partial charge is 0.0150 e. The van der Waals surface area contributed by atoms with Crippen molar-refractivity contribution in [1.82, 2.24) is 0 Å². The van der Waals surface area contributed by atoms with Gasteiger partial charge in [0.25, 0.3) is 0 Å². The molecule has 0 aliphatic heterocycles. The second-order valence-corrected chi connectivity index (χ2v) is 3.20. The van der Waals surface area contributed by atoms with Gasteiger partial charge in [0.1, 0.15) is 0 Å². The molecular formula is C7H11Cl. The van der Waals surface area contributed by atoms with Gasteiger partial charge in [-0.25, -0.2) is 0 Å². The van der Waals surface area contributed by atoms with Gasteiger partial charge in [0.05, 0.1) is 0 Å². The Hall–Kier alpha value is -0.150. The maximum Gasteiger partial charge on any atom is 0.0150 e. The molecule has 0 heterocycles. The van der Waals surface area contributed by atoms with E-state index in [1.807, 2.05) is 0 Å². The lowest BCUT2D eigenvalue weighted by Crippen LogP contribution is -2.01. The zero-order valence-corrected chi connectivity index (χ0v) is 6.34. The third kappa shape index (κ3) is 5.85. The first kappa shape index (κ1) is 7.85. The molecule has 0 aromatic heterocycles. The molecule has 0 nitrogen and oxygen atoms in total. The minimum Gasteiger partial charge on any atom is -0.0853 e. The van der Waals surface area contributed by atoms with E-state index >= 15 is 0 Å². The molecular weight excluding hydrogens is 120 g/mol. The van der Waals surface area contributed by atoms with E-state index in [1.54, 1.807) is 0 Å². The molecule has 0 saturated carbocycles. The molecule has 0 amide bonds. The highest BCUT2D eigenvalue weighted by atomic mass is 35.5. The zero-order valence-electron chi connectivity index (χ0n) is 5.59. The van der Waals surface area contributed by atoms with Crippen molar-refractivity contribution in [2.75, 3.05) is 0 Å². The third-order valence-corrected chi connectivity index (χ3v) is 0.819. The Balaban J connectivity index is 3.50. The van der Waals surface area contributed by atoms with Gasteiger partial charge in [-0.15, -0.1) is 0 Å². The van der Waals surface area contributed by atoms with Crippen LogP contribution in [-0.4, -0.2) is 0 Å². The lowest BCUT2D eigenvalue weighted by molar-refractivity contribution is 0.428. The summed E-state index contributed by atoms with van der Waals surface area (Å²) in [5.41, 5.74) is 0.294. The van der Waals surface area contributed by atoms with Crippen LogP contribution in [0, 0.1) is 16.7 Å². The fourth-order valence-electron chi connectivity index (χ4n) is 0.299. The summed E-state index contributed by atoms with van der Waals surface area (Å²) in [7, 11) is 0. The Morgan fingerprint density at radius 3 is 2.00 bits per heavy atom. The summed E-state index contributed by atoms with van der Waals surface area (Å²) in [6.07, 6.45) is 0.872. The van der Waals surface area contributed by atoms with Crippen molar-refractivity contribution in [3.8, 4) is 11.3 Å². The minimum absolute atomic E-state index is 0.294. The largest absolute Gasteiger partial charge is 0.0853 e. The second-order valence-electron chi connectivity index (χ2n) is 3.01. The van der Waals surface area contributed by atoms with Crippen LogP contribution < -0.4 is 0 Å². The van der Waals surface area contributed by atoms with Crippen LogP contribution in [0.4, 0.5) is 0 Å². The van der Waals surface area contributed by atoms with Gasteiger partial charge in [0, 0.05) is 11.8 Å². The van der Waals surface area contributed by atoms with Gasteiger partial charge in [0.15, 0.2) is 0 Å². The van der Waals surface area contributed by atoms with E-state index in [9.17, 15) is 0 Å². The van der Waals surface area contributed by atoms with Crippen LogP contribution in [-0.2, 0) is 0 Å². The number of rotatable bonds is 0. The molecule has 0 spiro atoms. The molecule has 0 saturated heterocycles. The summed E-state index contributed by atoms with van der Waals surface area (Å²) >= 11 is 5.15. The van der Waals surface area contributed by atoms with Crippen LogP contribution >= 0.6 is 11.6 Å². The summed E-state index contributed by atoms with van der Waals surface area (Å²) < 4.78 is 0. The molecule has 0 aliphatic carbocycles. The van der Waals surface area contributed by atoms with Gasteiger partial charge in [-0.3, -0.25) is 0 Å². The third-order valence-electron chi connectivity index (χ3n) is 0.686. The van der Waals surface area contributed by atoms with E-state index in [2.05, 4.69) is 32.1 Å². The first-order valence-electron chi connectivity index (χ1n) is 2.65. The molecule has 0 aliphatic rings. The minimum atomic E-state index is 0.294. The molecule has 8 heavy (non-hydrogen) atoms. The van der Waals surface area contributed by atoms with Gasteiger partial charge in [0.2, 0.25) is 0 Å². The molecule has 0 bridgehead atoms. The van der Waals surface area contributed by atoms with Crippen molar-refractivity contribution in [3.05, 3.63) is 0 Å². The second kappa shape index (κ2) is 2.99. The Kier molecular flexibility index (Phi) is 2.94. The predicted octanol–water partition coefficient (Wildman–Crippen LogP) is 2.62. The van der Waals surface area contributed by atoms with Crippen molar-refractivity contribution in [2.24, 2.45) is 5.41 Å². The van der Waals surface area contributed by atoms with Crippen molar-refractivity contribution >= 4 is 11.6 Å². The molecule has 0 radical (unpaired) electrons. The van der Waals surface area contributed by atoms with Crippen molar-refractivity contribution in [2.45, 2.75) is 27.2 Å². The van der Waals surface area contributed by atoms with Gasteiger partial charge in [-0.05, 0) is 17.0 Å². The van der Waals surface area contributed by atoms with Crippen LogP contribution in [0.2, 0.25) is 0 Å². The van der Waals surface area contributed by atoms with E-state index in [1.165, 1.54) is 0 Å². The molecule has 0 rings (SSSR count). The van der Waals surface area contributed by atoms with Crippen molar-refractivity contribution in [3.63, 3.8) is 0 Å². The first-order chi connectivity index (χ1) is 3.56. The van der Waals surface area contributed by atoms with Gasteiger partial charge >= 0.3 is 0 Å². The highest BCUT2D eigenvalue weighted by molar-refractivity contribution is 6.30. The average Bonchev–Trinajstić information content (AvgIpc) is 1.59. The van der Waals surface area contributed by atoms with Gasteiger partial charge < -0.3 is 0 Å². The number of halogens is 1. The molecule has 0 aromatic carbocycles. The summed E-state index contributed by atoms with van der Waals surface area (Å²) in [6.45, 7) is 6.40. The molecule has 46 valence electrons. The van der Waals surface area contributed by atoms with Crippen LogP contribution in [0.3, 0.4) is 0 Å². The number of hydrogen-bond donors (Lipinski definition) is 0. The lowest BCUT2D eigenvalue weighted by atomic mass is 9.93. The van der Waals surface area contributed by atoms with Gasteiger partial charge in [-0.1, -0.05) is 26.7 Å². The Labute approximate surface area is 56.2 Å². The molecule has 0 atom stereocenters. The predicted molar refractivity (Wildman–Crippen MR) is 37.7 cm³/mol. The Bertz CT molecular complexity index is 109. The summed E-state index contributed by atoms with van der Waals surface area (Å²) in [6, 6.07) is 0. The summed E-state index contributed by atoms with van der Waals surface area (Å²) in [5, 5.41) is 2.35. The van der Waals surface area contributed by atoms with E-state index in [4.69, 9.17) is 11.6 Å². The fraction of sp³-hybridized carbons (Fsp3) is 0.714. The highest BCUT2D eigenvalue weighted by Crippen LogP contribution is 2.16. The quantitative estimate of drug-likeness (QED) is 0.443. The van der Waals surface area contributed by atoms with E-state index in [-0.39, 0.29) is 0 Å². The van der Waals surface area contributed by atoms with E-state index in [0.29, 0.717) is 5.41 Å². The van der Waals surface area contributed by atoms with Crippen LogP contribution in [0.25, 0.3) is 0 Å². The Morgan fingerprint density at radius 2 is 1.88 bits per heavy atom. The van der Waals surface area contributed by atoms with Crippen LogP contribution in [0.15, 0.2) is 0 Å². The summed E-state index contributed by atoms with van der Waals surface area (Å²) in [4.78, 5) is 0. The topological polar surface area (TPSA) is 0 Å². The zero-order chi connectivity index (χ0) is 6.62. The van der Waals surface area contributed by atoms with Crippen molar-refractivity contribution in [1.29, 1.82) is 0 Å². The maximum absolute atomic E-state index is 5.15. The van der Waals surface area contributed by atoms with E-state index < -0.39 is 0 Å². The average molecular weight is 131 g/mol. The normalized spacial score (nSPS) is 10.0. The van der Waals surface area contributed by atoms with Gasteiger partial charge in [-0.2, -0.15) is 0 Å². The monoisotopic (exact) mass is 130 g/mol. The molecule has 0 N–H and O–H groups in total. The lowest BCUT2D eigenvalue weighted by Gasteiger charge is -2.12. The summed E-state index contributed by atoms with van der Waals surface area (Å²) in [5.74, 6) is 2.80. The molecule has 0 unspecified atom stereocenters. The SMILES string of the molecule is CC(C)(C)CC#CCl. The maximum atomic E-state index is 5.15. The Morgan fingerprint density at radius 1 is 1.38 bits per heavy atom. The van der Waals surface area contributed by atoms with Crippen LogP contribution in [0.1, 0.15) is 27.2 Å². The van der Waals surface area contributed by atoms with Crippen molar-refractivity contribution < 1.29 is 0 Å². The highest BCUT2D eigenvalue weighted by Gasteiger charge is 2.06. The van der Waals surface area contributed by atoms with E-state index in [0.717, 1.165) is 6.42 Å². The molecule has 0 fully saturated rings. The fourth-order valence-corrected chi connectivity index (χ4v) is 0.365.